The number of hydrogen-bond donors (Lipinski definition) is 4. The van der Waals surface area contributed by atoms with Gasteiger partial charge in [-0.25, -0.2) is 9.97 Å². The maximum atomic E-state index is 13.1. The molecular formula is C38H53N7O7. The first-order valence-corrected chi connectivity index (χ1v) is 17.6. The summed E-state index contributed by atoms with van der Waals surface area (Å²) in [4.78, 5) is 33.5. The molecule has 282 valence electrons. The van der Waals surface area contributed by atoms with Crippen LogP contribution >= 0.6 is 0 Å². The minimum Gasteiger partial charge on any atom is -0.494 e. The van der Waals surface area contributed by atoms with E-state index in [2.05, 4.69) is 25.3 Å². The molecule has 0 bridgehead atoms. The highest BCUT2D eigenvalue weighted by atomic mass is 16.5. The molecule has 0 radical (unpaired) electrons. The van der Waals surface area contributed by atoms with Crippen LogP contribution in [0.5, 0.6) is 5.75 Å². The summed E-state index contributed by atoms with van der Waals surface area (Å²) >= 11 is 0. The van der Waals surface area contributed by atoms with Crippen LogP contribution in [0.4, 0.5) is 5.69 Å². The lowest BCUT2D eigenvalue weighted by Crippen LogP contribution is -2.37. The largest absolute Gasteiger partial charge is 0.494 e. The van der Waals surface area contributed by atoms with Crippen LogP contribution in [0.3, 0.4) is 0 Å². The molecule has 3 aromatic rings. The maximum Gasteiger partial charge on any atom is 0.305 e. The molecule has 0 aliphatic rings. The highest BCUT2D eigenvalue weighted by molar-refractivity contribution is 6.06. The summed E-state index contributed by atoms with van der Waals surface area (Å²) in [5.41, 5.74) is 2.53. The number of nitrogens with one attached hydrogen (secondary N) is 4. The Bertz CT molecular complexity index is 1530. The van der Waals surface area contributed by atoms with Crippen LogP contribution in [-0.4, -0.2) is 105 Å². The molecule has 0 saturated heterocycles. The van der Waals surface area contributed by atoms with Gasteiger partial charge in [0.25, 0.3) is 5.91 Å². The summed E-state index contributed by atoms with van der Waals surface area (Å²) in [6.07, 6.45) is 7.93. The maximum absolute atomic E-state index is 13.1. The normalized spacial score (nSPS) is 11.4. The fourth-order valence-electron chi connectivity index (χ4n) is 4.86. The molecule has 14 nitrogen and oxygen atoms in total. The zero-order chi connectivity index (χ0) is 37.4. The van der Waals surface area contributed by atoms with Crippen LogP contribution in [0.2, 0.25) is 0 Å². The Morgan fingerprint density at radius 2 is 1.54 bits per heavy atom. The number of amides is 1. The summed E-state index contributed by atoms with van der Waals surface area (Å²) in [6, 6.07) is 16.2. The number of likely N-dealkylation sites (N-methyl/N-ethyl adjacent to an activating group) is 1. The second kappa shape index (κ2) is 24.3. The smallest absolute Gasteiger partial charge is 0.305 e. The van der Waals surface area contributed by atoms with E-state index in [-0.39, 0.29) is 36.1 Å². The molecule has 0 spiro atoms. The third-order valence-electron chi connectivity index (χ3n) is 7.95. The van der Waals surface area contributed by atoms with Gasteiger partial charge in [0, 0.05) is 44.1 Å². The van der Waals surface area contributed by atoms with E-state index in [0.717, 1.165) is 37.0 Å². The van der Waals surface area contributed by atoms with E-state index in [1.807, 2.05) is 37.3 Å². The summed E-state index contributed by atoms with van der Waals surface area (Å²) in [6.45, 7) is 5.98. The van der Waals surface area contributed by atoms with Crippen LogP contribution in [0.1, 0.15) is 73.1 Å². The first-order chi connectivity index (χ1) is 25.3. The number of nitrogens with zero attached hydrogens (tertiary/aromatic N) is 3. The molecule has 0 saturated carbocycles. The Kier molecular flexibility index (Phi) is 19.4. The molecule has 1 atom stereocenters. The summed E-state index contributed by atoms with van der Waals surface area (Å²) in [5.74, 6) is 0.585. The first kappa shape index (κ1) is 41.5. The summed E-state index contributed by atoms with van der Waals surface area (Å²) in [5, 5.41) is 22.9. The van der Waals surface area contributed by atoms with E-state index in [1.54, 1.807) is 37.5 Å². The monoisotopic (exact) mass is 719 g/mol. The van der Waals surface area contributed by atoms with Crippen LogP contribution in [-0.2, 0) is 23.7 Å². The van der Waals surface area contributed by atoms with E-state index in [9.17, 15) is 9.59 Å². The van der Waals surface area contributed by atoms with Crippen molar-refractivity contribution < 1.29 is 33.3 Å². The van der Waals surface area contributed by atoms with Gasteiger partial charge < -0.3 is 39.2 Å². The average Bonchev–Trinajstić information content (AvgIpc) is 3.17. The summed E-state index contributed by atoms with van der Waals surface area (Å²) < 4.78 is 27.1. The van der Waals surface area contributed by atoms with E-state index in [4.69, 9.17) is 29.8 Å². The van der Waals surface area contributed by atoms with Crippen molar-refractivity contribution in [2.75, 3.05) is 72.3 Å². The lowest BCUT2D eigenvalue weighted by atomic mass is 10.1. The molecule has 1 aromatic heterocycles. The second-order valence-electron chi connectivity index (χ2n) is 11.9. The fraction of sp³-hybridized carbons (Fsp3) is 0.474. The van der Waals surface area contributed by atoms with Gasteiger partial charge in [0.05, 0.1) is 52.7 Å². The predicted molar refractivity (Wildman–Crippen MR) is 199 cm³/mol. The number of methoxy groups -OCH3 is 1. The molecule has 3 rings (SSSR count). The van der Waals surface area contributed by atoms with Crippen molar-refractivity contribution in [1.82, 2.24) is 20.2 Å². The van der Waals surface area contributed by atoms with Gasteiger partial charge in [0.1, 0.15) is 23.6 Å². The lowest BCUT2D eigenvalue weighted by molar-refractivity contribution is -0.141. The van der Waals surface area contributed by atoms with E-state index in [0.29, 0.717) is 76.0 Å². The molecule has 1 heterocycles. The molecular weight excluding hydrogens is 666 g/mol. The zero-order valence-electron chi connectivity index (χ0n) is 30.5. The lowest BCUT2D eigenvalue weighted by Gasteiger charge is -2.21. The van der Waals surface area contributed by atoms with E-state index >= 15 is 0 Å². The second-order valence-corrected chi connectivity index (χ2v) is 11.9. The number of hydrogen-bond acceptors (Lipinski definition) is 12. The number of aromatic nitrogens is 2. The Balaban J connectivity index is 1.26. The minimum atomic E-state index is -0.245. The van der Waals surface area contributed by atoms with Crippen molar-refractivity contribution >= 4 is 29.2 Å². The van der Waals surface area contributed by atoms with Gasteiger partial charge >= 0.3 is 5.97 Å². The number of carbonyl (C=O) groups is 2. The molecule has 0 aliphatic heterocycles. The summed E-state index contributed by atoms with van der Waals surface area (Å²) in [7, 11) is 3.02. The third-order valence-corrected chi connectivity index (χ3v) is 7.95. The van der Waals surface area contributed by atoms with Crippen molar-refractivity contribution in [3.05, 3.63) is 83.9 Å². The zero-order valence-corrected chi connectivity index (χ0v) is 30.5. The van der Waals surface area contributed by atoms with Crippen LogP contribution in [0, 0.1) is 10.8 Å². The molecule has 2 aromatic carbocycles. The van der Waals surface area contributed by atoms with Gasteiger partial charge in [0.15, 0.2) is 5.84 Å². The van der Waals surface area contributed by atoms with Crippen molar-refractivity contribution in [3.63, 3.8) is 0 Å². The molecule has 1 amide bonds. The minimum absolute atomic E-state index is 0.0908. The van der Waals surface area contributed by atoms with Crippen molar-refractivity contribution in [3.8, 4) is 5.75 Å². The van der Waals surface area contributed by atoms with Gasteiger partial charge in [0.2, 0.25) is 0 Å². The third kappa shape index (κ3) is 16.0. The topological polar surface area (TPSA) is 181 Å². The van der Waals surface area contributed by atoms with E-state index in [1.165, 1.54) is 18.3 Å². The molecule has 4 N–H and O–H groups in total. The number of esters is 1. The fourth-order valence-corrected chi connectivity index (χ4v) is 4.86. The predicted octanol–water partition coefficient (Wildman–Crippen LogP) is 5.26. The van der Waals surface area contributed by atoms with Crippen LogP contribution in [0.15, 0.2) is 67.1 Å². The number of rotatable bonds is 25. The number of ether oxygens (including phenoxy) is 5. The van der Waals surface area contributed by atoms with E-state index < -0.39 is 0 Å². The van der Waals surface area contributed by atoms with Crippen LogP contribution in [0.25, 0.3) is 0 Å². The number of benzene rings is 2. The highest BCUT2D eigenvalue weighted by Crippen LogP contribution is 2.21. The molecule has 0 unspecified atom stereocenters. The van der Waals surface area contributed by atoms with Crippen molar-refractivity contribution in [1.29, 1.82) is 10.8 Å². The number of carbonyl (C=O) groups excluding carboxylic acids is 2. The average molecular weight is 720 g/mol. The number of amidine groups is 2. The Morgan fingerprint density at radius 3 is 2.25 bits per heavy atom. The standard InChI is InChI=1S/C38H53N7O7/c1-29(44-38(47)31-12-8-13-32(25-31)42-27-35(39)45(2)37(40)34-16-17-41-28-43-34)30-11-9-14-33(26-30)52-20-7-5-4-6-18-49-21-23-51-24-22-50-19-10-15-36(46)48-3/h8-9,11-14,16-17,25-26,28-29,39-40,42H,4-7,10,15,18-24,27H2,1-3H3,(H,44,47)/t29-/m1/s1. The molecule has 52 heavy (non-hydrogen) atoms. The van der Waals surface area contributed by atoms with Crippen molar-refractivity contribution in [2.24, 2.45) is 0 Å². The van der Waals surface area contributed by atoms with Crippen LogP contribution < -0.4 is 15.4 Å². The van der Waals surface area contributed by atoms with Gasteiger partial charge in [-0.3, -0.25) is 20.4 Å². The van der Waals surface area contributed by atoms with Gasteiger partial charge in [-0.15, -0.1) is 0 Å². The first-order valence-electron chi connectivity index (χ1n) is 17.6. The van der Waals surface area contributed by atoms with Gasteiger partial charge in [-0.1, -0.05) is 24.6 Å². The molecule has 14 heteroatoms. The Hall–Kier alpha value is -4.92. The Labute approximate surface area is 306 Å². The quantitative estimate of drug-likeness (QED) is 0.0388. The number of anilines is 1. The Morgan fingerprint density at radius 1 is 0.846 bits per heavy atom. The number of unbranched alkanes of at least 4 members (excludes halogenated alkanes) is 3. The van der Waals surface area contributed by atoms with Gasteiger partial charge in [-0.2, -0.15) is 0 Å². The highest BCUT2D eigenvalue weighted by Gasteiger charge is 2.15. The molecule has 0 fully saturated rings. The van der Waals surface area contributed by atoms with Gasteiger partial charge in [-0.05, 0) is 74.6 Å². The van der Waals surface area contributed by atoms with Crippen molar-refractivity contribution in [2.45, 2.75) is 51.5 Å². The SMILES string of the molecule is COC(=O)CCCOCCOCCOCCCCCCOc1cccc([C@@H](C)NC(=O)c2cccc(NCC(=N)N(C)C(=N)c3ccncn3)c2)c1. The molecule has 0 aliphatic carbocycles.